The molecule has 20 heavy (non-hydrogen) atoms. The average molecular weight is 281 g/mol. The minimum absolute atomic E-state index is 0.233. The Morgan fingerprint density at radius 3 is 2.40 bits per heavy atom. The molecular formula is C15H23NO4. The lowest BCUT2D eigenvalue weighted by Crippen LogP contribution is -2.47. The third-order valence-electron chi connectivity index (χ3n) is 2.83. The quantitative estimate of drug-likeness (QED) is 0.764. The maximum absolute atomic E-state index is 11.0. The number of hydrogen-bond acceptors (Lipinski definition) is 4. The largest absolute Gasteiger partial charge is 0.494 e. The number of hydrogen-bond donors (Lipinski definition) is 2. The lowest BCUT2D eigenvalue weighted by Gasteiger charge is -2.24. The number of carboxylic acids is 1. The molecule has 0 aliphatic heterocycles. The summed E-state index contributed by atoms with van der Waals surface area (Å²) >= 11 is 0. The molecule has 1 rings (SSSR count). The van der Waals surface area contributed by atoms with E-state index < -0.39 is 11.5 Å². The van der Waals surface area contributed by atoms with Gasteiger partial charge in [-0.15, -0.1) is 0 Å². The van der Waals surface area contributed by atoms with Gasteiger partial charge in [-0.25, -0.2) is 0 Å². The van der Waals surface area contributed by atoms with E-state index in [0.717, 1.165) is 12.2 Å². The monoisotopic (exact) mass is 281 g/mol. The number of carbonyl (C=O) groups is 1. The molecule has 0 heterocycles. The minimum Gasteiger partial charge on any atom is -0.494 e. The van der Waals surface area contributed by atoms with Gasteiger partial charge in [-0.3, -0.25) is 4.79 Å². The van der Waals surface area contributed by atoms with Crippen molar-refractivity contribution >= 4 is 5.97 Å². The first kappa shape index (κ1) is 16.3. The summed E-state index contributed by atoms with van der Waals surface area (Å²) in [6, 6.07) is 7.26. The number of carboxylic acid groups (broad SMARTS) is 1. The van der Waals surface area contributed by atoms with Crippen molar-refractivity contribution in [1.82, 2.24) is 0 Å². The number of nitrogens with two attached hydrogens (primary N) is 1. The Morgan fingerprint density at radius 1 is 1.35 bits per heavy atom. The lowest BCUT2D eigenvalue weighted by atomic mass is 9.96. The van der Waals surface area contributed by atoms with Crippen LogP contribution in [0, 0.1) is 0 Å². The van der Waals surface area contributed by atoms with Gasteiger partial charge in [0.05, 0.1) is 12.7 Å². The zero-order valence-electron chi connectivity index (χ0n) is 12.3. The highest BCUT2D eigenvalue weighted by Crippen LogP contribution is 2.21. The van der Waals surface area contributed by atoms with Crippen LogP contribution in [-0.2, 0) is 4.79 Å². The van der Waals surface area contributed by atoms with Gasteiger partial charge < -0.3 is 20.3 Å². The normalized spacial score (nSPS) is 15.2. The number of benzene rings is 1. The molecule has 0 aromatic heterocycles. The molecule has 0 aliphatic rings. The molecule has 0 saturated carbocycles. The van der Waals surface area contributed by atoms with Crippen LogP contribution in [0.4, 0.5) is 0 Å². The second kappa shape index (κ2) is 7.14. The summed E-state index contributed by atoms with van der Waals surface area (Å²) in [5.74, 6) is 0.430. The Labute approximate surface area is 119 Å². The van der Waals surface area contributed by atoms with E-state index in [-0.39, 0.29) is 12.5 Å². The topological polar surface area (TPSA) is 81.8 Å². The molecular weight excluding hydrogens is 258 g/mol. The second-order valence-corrected chi connectivity index (χ2v) is 5.18. The van der Waals surface area contributed by atoms with Crippen LogP contribution in [0.3, 0.4) is 0 Å². The molecule has 5 nitrogen and oxygen atoms in total. The number of ether oxygens (including phenoxy) is 2. The smallest absolute Gasteiger partial charge is 0.323 e. The molecule has 0 saturated heterocycles. The maximum Gasteiger partial charge on any atom is 0.323 e. The molecule has 2 atom stereocenters. The number of aliphatic carboxylic acids is 1. The zero-order chi connectivity index (χ0) is 15.2. The van der Waals surface area contributed by atoms with Gasteiger partial charge in [-0.2, -0.15) is 0 Å². The summed E-state index contributed by atoms with van der Waals surface area (Å²) in [5, 5.41) is 8.98. The predicted octanol–water partition coefficient (Wildman–Crippen LogP) is 2.43. The maximum atomic E-state index is 11.0. The van der Waals surface area contributed by atoms with E-state index in [2.05, 4.69) is 0 Å². The highest BCUT2D eigenvalue weighted by atomic mass is 16.5. The van der Waals surface area contributed by atoms with E-state index in [1.807, 2.05) is 19.1 Å². The molecule has 112 valence electrons. The van der Waals surface area contributed by atoms with E-state index in [4.69, 9.17) is 20.3 Å². The van der Waals surface area contributed by atoms with E-state index in [9.17, 15) is 4.79 Å². The molecule has 0 fully saturated rings. The van der Waals surface area contributed by atoms with Crippen molar-refractivity contribution in [2.24, 2.45) is 5.73 Å². The van der Waals surface area contributed by atoms with Gasteiger partial charge in [-0.1, -0.05) is 6.92 Å². The molecule has 0 amide bonds. The first-order chi connectivity index (χ1) is 9.35. The van der Waals surface area contributed by atoms with Crippen LogP contribution < -0.4 is 15.2 Å². The van der Waals surface area contributed by atoms with Gasteiger partial charge in [0.15, 0.2) is 0 Å². The first-order valence-electron chi connectivity index (χ1n) is 6.77. The van der Waals surface area contributed by atoms with Crippen molar-refractivity contribution < 1.29 is 19.4 Å². The molecule has 0 bridgehead atoms. The lowest BCUT2D eigenvalue weighted by molar-refractivity contribution is -0.143. The molecule has 0 aliphatic carbocycles. The SMILES string of the molecule is CCCOc1ccc(OC(C)CC(C)(N)C(=O)O)cc1. The van der Waals surface area contributed by atoms with E-state index in [1.165, 1.54) is 6.92 Å². The molecule has 5 heteroatoms. The summed E-state index contributed by atoms with van der Waals surface area (Å²) < 4.78 is 11.1. The van der Waals surface area contributed by atoms with Gasteiger partial charge >= 0.3 is 5.97 Å². The molecule has 3 N–H and O–H groups in total. The van der Waals surface area contributed by atoms with Crippen molar-refractivity contribution in [3.05, 3.63) is 24.3 Å². The average Bonchev–Trinajstić information content (AvgIpc) is 2.37. The summed E-state index contributed by atoms with van der Waals surface area (Å²) in [4.78, 5) is 11.0. The summed E-state index contributed by atoms with van der Waals surface area (Å²) in [5.41, 5.74) is 4.41. The predicted molar refractivity (Wildman–Crippen MR) is 77.2 cm³/mol. The van der Waals surface area contributed by atoms with E-state index in [0.29, 0.717) is 12.4 Å². The zero-order valence-corrected chi connectivity index (χ0v) is 12.3. The Hall–Kier alpha value is -1.75. The van der Waals surface area contributed by atoms with Crippen LogP contribution in [0.15, 0.2) is 24.3 Å². The standard InChI is InChI=1S/C15H23NO4/c1-4-9-19-12-5-7-13(8-6-12)20-11(2)10-15(3,16)14(17)18/h5-8,11H,4,9-10,16H2,1-3H3,(H,17,18). The molecule has 2 unspecified atom stereocenters. The van der Waals surface area contributed by atoms with Crippen LogP contribution in [0.2, 0.25) is 0 Å². The summed E-state index contributed by atoms with van der Waals surface area (Å²) in [6.45, 7) is 6.01. The molecule has 1 aromatic rings. The van der Waals surface area contributed by atoms with Crippen molar-refractivity contribution in [3.8, 4) is 11.5 Å². The molecule has 0 radical (unpaired) electrons. The van der Waals surface area contributed by atoms with E-state index in [1.54, 1.807) is 19.1 Å². The third kappa shape index (κ3) is 5.09. The fraction of sp³-hybridized carbons (Fsp3) is 0.533. The van der Waals surface area contributed by atoms with Crippen molar-refractivity contribution in [2.45, 2.75) is 45.3 Å². The van der Waals surface area contributed by atoms with Gasteiger partial charge in [0.1, 0.15) is 17.0 Å². The Balaban J connectivity index is 2.54. The third-order valence-corrected chi connectivity index (χ3v) is 2.83. The Kier molecular flexibility index (Phi) is 5.82. The van der Waals surface area contributed by atoms with Crippen molar-refractivity contribution in [1.29, 1.82) is 0 Å². The number of rotatable bonds is 8. The second-order valence-electron chi connectivity index (χ2n) is 5.18. The van der Waals surface area contributed by atoms with E-state index >= 15 is 0 Å². The van der Waals surface area contributed by atoms with Crippen molar-refractivity contribution in [3.63, 3.8) is 0 Å². The molecule has 1 aromatic carbocycles. The summed E-state index contributed by atoms with van der Waals surface area (Å²) in [7, 11) is 0. The first-order valence-corrected chi connectivity index (χ1v) is 6.77. The van der Waals surface area contributed by atoms with Crippen LogP contribution >= 0.6 is 0 Å². The van der Waals surface area contributed by atoms with Gasteiger partial charge in [0.25, 0.3) is 0 Å². The van der Waals surface area contributed by atoms with Crippen LogP contribution in [0.25, 0.3) is 0 Å². The van der Waals surface area contributed by atoms with Gasteiger partial charge in [-0.05, 0) is 44.5 Å². The van der Waals surface area contributed by atoms with Crippen molar-refractivity contribution in [2.75, 3.05) is 6.61 Å². The fourth-order valence-electron chi connectivity index (χ4n) is 1.79. The highest BCUT2D eigenvalue weighted by Gasteiger charge is 2.30. The van der Waals surface area contributed by atoms with Crippen LogP contribution in [0.5, 0.6) is 11.5 Å². The van der Waals surface area contributed by atoms with Crippen LogP contribution in [-0.4, -0.2) is 29.3 Å². The van der Waals surface area contributed by atoms with Gasteiger partial charge in [0, 0.05) is 6.42 Å². The minimum atomic E-state index is -1.29. The summed E-state index contributed by atoms with van der Waals surface area (Å²) in [6.07, 6.45) is 0.902. The Bertz CT molecular complexity index is 428. The molecule has 0 spiro atoms. The Morgan fingerprint density at radius 2 is 1.90 bits per heavy atom. The highest BCUT2D eigenvalue weighted by molar-refractivity contribution is 5.77. The van der Waals surface area contributed by atoms with Crippen LogP contribution in [0.1, 0.15) is 33.6 Å². The van der Waals surface area contributed by atoms with Gasteiger partial charge in [0.2, 0.25) is 0 Å². The fourth-order valence-corrected chi connectivity index (χ4v) is 1.79.